The fourth-order valence-electron chi connectivity index (χ4n) is 14.8. The van der Waals surface area contributed by atoms with Crippen molar-refractivity contribution >= 4 is 109 Å². The summed E-state index contributed by atoms with van der Waals surface area (Å²) in [7, 11) is 0. The highest BCUT2D eigenvalue weighted by molar-refractivity contribution is 6.40. The van der Waals surface area contributed by atoms with Crippen molar-refractivity contribution < 1.29 is 9.85 Å². The Kier molecular flexibility index (Phi) is 21.0. The summed E-state index contributed by atoms with van der Waals surface area (Å²) in [5, 5.41) is 35.0. The fourth-order valence-corrected chi connectivity index (χ4v) is 14.8. The van der Waals surface area contributed by atoms with E-state index in [1.807, 2.05) is 48.5 Å². The molecule has 0 aliphatic carbocycles. The van der Waals surface area contributed by atoms with E-state index in [9.17, 15) is 20.2 Å². The number of nitro groups is 2. The second kappa shape index (κ2) is 29.8. The molecule has 0 spiro atoms. The van der Waals surface area contributed by atoms with Gasteiger partial charge in [-0.2, -0.15) is 0 Å². The molecule has 0 aliphatic rings. The monoisotopic (exact) mass is 1210 g/mol. The lowest BCUT2D eigenvalue weighted by molar-refractivity contribution is -0.383. The van der Waals surface area contributed by atoms with Crippen LogP contribution in [0, 0.1) is 55.7 Å². The van der Waals surface area contributed by atoms with Crippen molar-refractivity contribution in [3.63, 3.8) is 0 Å². The predicted molar refractivity (Wildman–Crippen MR) is 375 cm³/mol. The summed E-state index contributed by atoms with van der Waals surface area (Å²) in [6.07, 6.45) is 38.5. The first-order valence-corrected chi connectivity index (χ1v) is 34.8. The Labute approximate surface area is 528 Å². The molecule has 12 nitrogen and oxygen atoms in total. The standard InChI is InChI=1S/C78H90N6O6/c1-5-9-13-17-21-23-27-31-35-53(33-29-25-19-15-11-7-3)37-39-55-49-65-73(67(51-55)83(87)88)81-75(79-65)61-45-41-57-60-44-48-64-72-62(46-42-58(70(60)72)59-43-47-63(77(81)85)71(61)69(57)59)76-80-66-50-56(52-68(84(89)90)74(66)82(76)78(64)86)40-38-54(34-30-26-20-16-12-8-4)36-32-28-24-22-18-14-10-6-2/h41-54H,5-36H2,1-4H3. The van der Waals surface area contributed by atoms with Crippen molar-refractivity contribution in [1.29, 1.82) is 0 Å². The van der Waals surface area contributed by atoms with E-state index >= 15 is 9.59 Å². The van der Waals surface area contributed by atoms with Crippen molar-refractivity contribution in [2.45, 2.75) is 233 Å². The molecule has 90 heavy (non-hydrogen) atoms. The van der Waals surface area contributed by atoms with Gasteiger partial charge in [-0.25, -0.2) is 9.97 Å². The zero-order valence-corrected chi connectivity index (χ0v) is 53.8. The van der Waals surface area contributed by atoms with Crippen molar-refractivity contribution in [3.05, 3.63) is 125 Å². The molecule has 12 heteroatoms. The van der Waals surface area contributed by atoms with Gasteiger partial charge in [-0.05, 0) is 94.4 Å². The normalized spacial score (nSPS) is 12.8. The molecule has 4 heterocycles. The quantitative estimate of drug-likeness (QED) is 0.00964. The smallest absolute Gasteiger partial charge is 0.268 e. The molecule has 0 saturated carbocycles. The molecule has 7 aromatic carbocycles. The van der Waals surface area contributed by atoms with Gasteiger partial charge >= 0.3 is 0 Å². The Bertz CT molecular complexity index is 4300. The van der Waals surface area contributed by atoms with Crippen molar-refractivity contribution in [1.82, 2.24) is 18.8 Å². The summed E-state index contributed by atoms with van der Waals surface area (Å²) < 4.78 is 2.83. The lowest BCUT2D eigenvalue weighted by Gasteiger charge is -2.18. The molecule has 4 aromatic heterocycles. The Morgan fingerprint density at radius 1 is 0.378 bits per heavy atom. The number of unbranched alkanes of at least 4 members (excludes halogenated alkanes) is 24. The number of non-ortho nitro benzene ring substituents is 2. The molecular weight excluding hydrogens is 1120 g/mol. The molecular formula is C78H90N6O6. The van der Waals surface area contributed by atoms with Gasteiger partial charge in [0, 0.05) is 67.4 Å². The van der Waals surface area contributed by atoms with Crippen LogP contribution < -0.4 is 11.1 Å². The van der Waals surface area contributed by atoms with E-state index in [-0.39, 0.29) is 34.2 Å². The van der Waals surface area contributed by atoms with E-state index in [1.54, 1.807) is 12.1 Å². The molecule has 0 aliphatic heterocycles. The highest BCUT2D eigenvalue weighted by Gasteiger charge is 2.29. The second-order valence-corrected chi connectivity index (χ2v) is 26.1. The number of hydrogen-bond donors (Lipinski definition) is 0. The summed E-state index contributed by atoms with van der Waals surface area (Å²) in [5.74, 6) is 14.3. The van der Waals surface area contributed by atoms with Crippen LogP contribution in [-0.4, -0.2) is 28.6 Å². The number of rotatable bonds is 34. The molecule has 468 valence electrons. The second-order valence-electron chi connectivity index (χ2n) is 26.1. The van der Waals surface area contributed by atoms with E-state index in [2.05, 4.69) is 51.4 Å². The van der Waals surface area contributed by atoms with Gasteiger partial charge in [-0.3, -0.25) is 38.6 Å². The van der Waals surface area contributed by atoms with Crippen LogP contribution in [0.2, 0.25) is 0 Å². The van der Waals surface area contributed by atoms with Crippen molar-refractivity contribution in [2.75, 3.05) is 0 Å². The molecule has 0 fully saturated rings. The lowest BCUT2D eigenvalue weighted by Crippen LogP contribution is -2.14. The Hall–Kier alpha value is -7.96. The van der Waals surface area contributed by atoms with Crippen LogP contribution >= 0.6 is 0 Å². The van der Waals surface area contributed by atoms with Crippen molar-refractivity contribution in [2.24, 2.45) is 11.8 Å². The maximum absolute atomic E-state index is 15.1. The minimum Gasteiger partial charge on any atom is -0.268 e. The Balaban J connectivity index is 0.957. The summed E-state index contributed by atoms with van der Waals surface area (Å²) in [6, 6.07) is 22.1. The van der Waals surface area contributed by atoms with Crippen LogP contribution in [-0.2, 0) is 0 Å². The van der Waals surface area contributed by atoms with Gasteiger partial charge in [-0.1, -0.05) is 255 Å². The highest BCUT2D eigenvalue weighted by atomic mass is 16.6. The number of nitrogens with zero attached hydrogens (tertiary/aromatic N) is 6. The summed E-state index contributed by atoms with van der Waals surface area (Å²) in [5.41, 5.74) is 1.49. The number of hydrogen-bond acceptors (Lipinski definition) is 8. The van der Waals surface area contributed by atoms with Gasteiger partial charge < -0.3 is 0 Å². The number of benzene rings is 7. The minimum absolute atomic E-state index is 0.152. The van der Waals surface area contributed by atoms with Gasteiger partial charge in [0.15, 0.2) is 11.0 Å². The first-order chi connectivity index (χ1) is 44.1. The molecule has 0 radical (unpaired) electrons. The number of imidazole rings is 2. The topological polar surface area (TPSA) is 155 Å². The van der Waals surface area contributed by atoms with Crippen molar-refractivity contribution in [3.8, 4) is 23.7 Å². The largest absolute Gasteiger partial charge is 0.296 e. The third kappa shape index (κ3) is 13.3. The Morgan fingerprint density at radius 2 is 0.644 bits per heavy atom. The molecule has 2 atom stereocenters. The zero-order chi connectivity index (χ0) is 62.7. The molecule has 0 N–H and O–H groups in total. The highest BCUT2D eigenvalue weighted by Crippen LogP contribution is 2.46. The first-order valence-electron chi connectivity index (χ1n) is 34.8. The maximum atomic E-state index is 15.1. The molecule has 11 aromatic rings. The van der Waals surface area contributed by atoms with Gasteiger partial charge in [0.1, 0.15) is 11.3 Å². The van der Waals surface area contributed by atoms with Crippen LogP contribution in [0.3, 0.4) is 0 Å². The number of pyridine rings is 2. The zero-order valence-electron chi connectivity index (χ0n) is 53.8. The predicted octanol–water partition coefficient (Wildman–Crippen LogP) is 21.6. The summed E-state index contributed by atoms with van der Waals surface area (Å²) >= 11 is 0. The molecule has 0 saturated heterocycles. The van der Waals surface area contributed by atoms with Crippen LogP contribution in [0.4, 0.5) is 11.4 Å². The van der Waals surface area contributed by atoms with E-state index < -0.39 is 21.0 Å². The molecule has 0 amide bonds. The van der Waals surface area contributed by atoms with E-state index in [0.29, 0.717) is 65.8 Å². The first kappa shape index (κ1) is 63.6. The lowest BCUT2D eigenvalue weighted by atomic mass is 9.86. The Morgan fingerprint density at radius 3 is 0.944 bits per heavy atom. The van der Waals surface area contributed by atoms with Crippen LogP contribution in [0.1, 0.15) is 244 Å². The van der Waals surface area contributed by atoms with E-state index in [0.717, 1.165) is 83.7 Å². The average Bonchev–Trinajstić information content (AvgIpc) is 1.19. The average molecular weight is 1210 g/mol. The van der Waals surface area contributed by atoms with E-state index in [4.69, 9.17) is 9.97 Å². The van der Waals surface area contributed by atoms with E-state index in [1.165, 1.54) is 175 Å². The summed E-state index contributed by atoms with van der Waals surface area (Å²) in [4.78, 5) is 65.6. The van der Waals surface area contributed by atoms with Crippen LogP contribution in [0.5, 0.6) is 0 Å². The molecule has 0 bridgehead atoms. The molecule has 2 unspecified atom stereocenters. The fraction of sp³-hybridized carbons (Fsp3) is 0.487. The number of aromatic nitrogens is 4. The van der Waals surface area contributed by atoms with Gasteiger partial charge in [0.05, 0.1) is 20.9 Å². The summed E-state index contributed by atoms with van der Waals surface area (Å²) in [6.45, 7) is 8.97. The third-order valence-electron chi connectivity index (χ3n) is 19.6. The van der Waals surface area contributed by atoms with Gasteiger partial charge in [0.2, 0.25) is 0 Å². The third-order valence-corrected chi connectivity index (χ3v) is 19.6. The van der Waals surface area contributed by atoms with Gasteiger partial charge in [-0.15, -0.1) is 0 Å². The minimum atomic E-state index is -0.422. The van der Waals surface area contributed by atoms with Crippen LogP contribution in [0.15, 0.2) is 82.4 Å². The molecule has 11 rings (SSSR count). The maximum Gasteiger partial charge on any atom is 0.296 e. The number of nitro benzene ring substituents is 2. The number of fused-ring (bicyclic) bond motifs is 10. The SMILES string of the molecule is CCCCCCCCCCC(C#Cc1cc([N+](=O)[O-])c2c(c1)nc1c3ccc4c5ccc6c(=O)n7c(nc8cc(C#CC(CCCCCCCC)CCCCCCCCCC)cc([N+](=O)[O-])c87)c7ccc(c8ccc(c(=O)n12)c3c84)c5c67)CCCCCCCC. The van der Waals surface area contributed by atoms with Gasteiger partial charge in [0.25, 0.3) is 22.5 Å². The van der Waals surface area contributed by atoms with Crippen LogP contribution in [0.25, 0.3) is 98.0 Å².